The standard InChI is InChI=1S/C26H34N4O4/c1-5-34-21-12-10-19(11-13-21)24(31)28-22(17(2)3)26(33)30-15-7-9-20(16-30)25(32)29-23-18(4)8-6-14-27-23/h6,8,10-14,17,20,22H,5,7,9,15-16H2,1-4H3,(H,28,31)(H,27,29,32). The lowest BCUT2D eigenvalue weighted by atomic mass is 9.94. The summed E-state index contributed by atoms with van der Waals surface area (Å²) in [7, 11) is 0. The molecule has 182 valence electrons. The first kappa shape index (κ1) is 25.2. The highest BCUT2D eigenvalue weighted by atomic mass is 16.5. The van der Waals surface area contributed by atoms with Crippen LogP contribution in [0.1, 0.15) is 49.5 Å². The molecule has 0 spiro atoms. The van der Waals surface area contributed by atoms with E-state index in [0.29, 0.717) is 43.2 Å². The Morgan fingerprint density at radius 2 is 1.91 bits per heavy atom. The van der Waals surface area contributed by atoms with E-state index in [9.17, 15) is 14.4 Å². The highest BCUT2D eigenvalue weighted by molar-refractivity contribution is 5.98. The molecule has 2 aromatic rings. The van der Waals surface area contributed by atoms with Gasteiger partial charge in [0.05, 0.1) is 12.5 Å². The lowest BCUT2D eigenvalue weighted by Crippen LogP contribution is -2.54. The Kier molecular flexibility index (Phi) is 8.62. The minimum atomic E-state index is -0.682. The summed E-state index contributed by atoms with van der Waals surface area (Å²) in [5, 5.41) is 5.78. The summed E-state index contributed by atoms with van der Waals surface area (Å²) in [6.45, 7) is 9.02. The van der Waals surface area contributed by atoms with Crippen LogP contribution in [0.2, 0.25) is 0 Å². The lowest BCUT2D eigenvalue weighted by Gasteiger charge is -2.35. The number of piperidine rings is 1. The van der Waals surface area contributed by atoms with Crippen molar-refractivity contribution in [3.63, 3.8) is 0 Å². The Bertz CT molecular complexity index is 1010. The molecule has 1 aliphatic rings. The monoisotopic (exact) mass is 466 g/mol. The van der Waals surface area contributed by atoms with Gasteiger partial charge in [0.1, 0.15) is 17.6 Å². The van der Waals surface area contributed by atoms with Crippen LogP contribution >= 0.6 is 0 Å². The third-order valence-electron chi connectivity index (χ3n) is 6.00. The number of likely N-dealkylation sites (tertiary alicyclic amines) is 1. The van der Waals surface area contributed by atoms with Gasteiger partial charge in [-0.3, -0.25) is 14.4 Å². The molecule has 8 heteroatoms. The summed E-state index contributed by atoms with van der Waals surface area (Å²) in [5.41, 5.74) is 1.35. The van der Waals surface area contributed by atoms with Crippen molar-refractivity contribution in [2.24, 2.45) is 11.8 Å². The first-order valence-electron chi connectivity index (χ1n) is 11.8. The number of hydrogen-bond donors (Lipinski definition) is 2. The Labute approximate surface area is 201 Å². The second-order valence-electron chi connectivity index (χ2n) is 8.93. The minimum Gasteiger partial charge on any atom is -0.494 e. The first-order valence-corrected chi connectivity index (χ1v) is 11.8. The molecular weight excluding hydrogens is 432 g/mol. The Morgan fingerprint density at radius 1 is 1.18 bits per heavy atom. The van der Waals surface area contributed by atoms with Crippen molar-refractivity contribution < 1.29 is 19.1 Å². The first-order chi connectivity index (χ1) is 16.3. The third-order valence-corrected chi connectivity index (χ3v) is 6.00. The highest BCUT2D eigenvalue weighted by Gasteiger charge is 2.34. The number of hydrogen-bond acceptors (Lipinski definition) is 5. The molecule has 1 saturated heterocycles. The molecule has 1 fully saturated rings. The van der Waals surface area contributed by atoms with E-state index in [1.54, 1.807) is 35.4 Å². The zero-order valence-corrected chi connectivity index (χ0v) is 20.3. The van der Waals surface area contributed by atoms with Gasteiger partial charge in [0.15, 0.2) is 0 Å². The maximum Gasteiger partial charge on any atom is 0.251 e. The molecule has 2 N–H and O–H groups in total. The van der Waals surface area contributed by atoms with Crippen molar-refractivity contribution in [3.05, 3.63) is 53.7 Å². The van der Waals surface area contributed by atoms with E-state index in [2.05, 4.69) is 15.6 Å². The van der Waals surface area contributed by atoms with Crippen molar-refractivity contribution in [1.29, 1.82) is 0 Å². The highest BCUT2D eigenvalue weighted by Crippen LogP contribution is 2.21. The van der Waals surface area contributed by atoms with Gasteiger partial charge >= 0.3 is 0 Å². The molecule has 3 rings (SSSR count). The van der Waals surface area contributed by atoms with Crippen LogP contribution in [0.5, 0.6) is 5.75 Å². The third kappa shape index (κ3) is 6.34. The van der Waals surface area contributed by atoms with Gasteiger partial charge in [-0.05, 0) is 68.5 Å². The van der Waals surface area contributed by atoms with E-state index in [0.717, 1.165) is 12.0 Å². The molecular formula is C26H34N4O4. The largest absolute Gasteiger partial charge is 0.494 e. The fourth-order valence-corrected chi connectivity index (χ4v) is 4.03. The molecule has 1 aromatic heterocycles. The molecule has 0 saturated carbocycles. The van der Waals surface area contributed by atoms with Gasteiger partial charge in [0.25, 0.3) is 5.91 Å². The number of aromatic nitrogens is 1. The second kappa shape index (κ2) is 11.6. The van der Waals surface area contributed by atoms with Crippen LogP contribution in [-0.4, -0.2) is 53.3 Å². The summed E-state index contributed by atoms with van der Waals surface area (Å²) in [4.78, 5) is 45.0. The molecule has 0 bridgehead atoms. The molecule has 3 amide bonds. The number of carbonyl (C=O) groups excluding carboxylic acids is 3. The number of pyridine rings is 1. The number of nitrogens with zero attached hydrogens (tertiary/aromatic N) is 2. The van der Waals surface area contributed by atoms with Crippen molar-refractivity contribution >= 4 is 23.5 Å². The fraction of sp³-hybridized carbons (Fsp3) is 0.462. The van der Waals surface area contributed by atoms with Gasteiger partial charge in [0, 0.05) is 24.8 Å². The van der Waals surface area contributed by atoms with E-state index >= 15 is 0 Å². The van der Waals surface area contributed by atoms with E-state index in [1.165, 1.54) is 0 Å². The normalized spacial score (nSPS) is 16.6. The summed E-state index contributed by atoms with van der Waals surface area (Å²) in [6, 6.07) is 9.87. The average Bonchev–Trinajstić information content (AvgIpc) is 2.84. The predicted octanol–water partition coefficient (Wildman–Crippen LogP) is 3.42. The van der Waals surface area contributed by atoms with E-state index in [1.807, 2.05) is 39.8 Å². The molecule has 2 unspecified atom stereocenters. The fourth-order valence-electron chi connectivity index (χ4n) is 4.03. The van der Waals surface area contributed by atoms with Crippen molar-refractivity contribution in [2.45, 2.75) is 46.6 Å². The summed E-state index contributed by atoms with van der Waals surface area (Å²) in [6.07, 6.45) is 3.06. The van der Waals surface area contributed by atoms with Gasteiger partial charge in [-0.2, -0.15) is 0 Å². The number of benzene rings is 1. The van der Waals surface area contributed by atoms with Gasteiger partial charge < -0.3 is 20.3 Å². The lowest BCUT2D eigenvalue weighted by molar-refractivity contribution is -0.137. The minimum absolute atomic E-state index is 0.107. The number of carbonyl (C=O) groups is 3. The molecule has 0 aliphatic carbocycles. The van der Waals surface area contributed by atoms with Crippen LogP contribution in [0.25, 0.3) is 0 Å². The van der Waals surface area contributed by atoms with Crippen molar-refractivity contribution in [3.8, 4) is 5.75 Å². The van der Waals surface area contributed by atoms with Gasteiger partial charge in [-0.1, -0.05) is 19.9 Å². The maximum atomic E-state index is 13.4. The van der Waals surface area contributed by atoms with Crippen LogP contribution < -0.4 is 15.4 Å². The SMILES string of the molecule is CCOc1ccc(C(=O)NC(C(=O)N2CCCC(C(=O)Nc3ncccc3C)C2)C(C)C)cc1. The number of ether oxygens (including phenoxy) is 1. The Hall–Kier alpha value is -3.42. The molecule has 34 heavy (non-hydrogen) atoms. The molecule has 1 aromatic carbocycles. The number of amides is 3. The predicted molar refractivity (Wildman–Crippen MR) is 131 cm³/mol. The zero-order chi connectivity index (χ0) is 24.7. The van der Waals surface area contributed by atoms with Crippen LogP contribution in [0.4, 0.5) is 5.82 Å². The second-order valence-corrected chi connectivity index (χ2v) is 8.93. The molecule has 2 atom stereocenters. The summed E-state index contributed by atoms with van der Waals surface area (Å²) < 4.78 is 5.42. The topological polar surface area (TPSA) is 101 Å². The number of rotatable bonds is 8. The molecule has 2 heterocycles. The quantitative estimate of drug-likeness (QED) is 0.621. The van der Waals surface area contributed by atoms with Crippen LogP contribution in [0.15, 0.2) is 42.6 Å². The zero-order valence-electron chi connectivity index (χ0n) is 20.3. The van der Waals surface area contributed by atoms with Crippen molar-refractivity contribution in [2.75, 3.05) is 25.0 Å². The summed E-state index contributed by atoms with van der Waals surface area (Å²) in [5.74, 6) is 0.178. The summed E-state index contributed by atoms with van der Waals surface area (Å²) >= 11 is 0. The number of nitrogens with one attached hydrogen (secondary N) is 2. The van der Waals surface area contributed by atoms with Gasteiger partial charge in [-0.25, -0.2) is 4.98 Å². The van der Waals surface area contributed by atoms with Gasteiger partial charge in [-0.15, -0.1) is 0 Å². The van der Waals surface area contributed by atoms with E-state index < -0.39 is 6.04 Å². The van der Waals surface area contributed by atoms with Crippen LogP contribution in [-0.2, 0) is 9.59 Å². The molecule has 8 nitrogen and oxygen atoms in total. The number of aryl methyl sites for hydroxylation is 1. The smallest absolute Gasteiger partial charge is 0.251 e. The maximum absolute atomic E-state index is 13.4. The Morgan fingerprint density at radius 3 is 2.56 bits per heavy atom. The van der Waals surface area contributed by atoms with Crippen LogP contribution in [0, 0.1) is 18.8 Å². The van der Waals surface area contributed by atoms with Crippen LogP contribution in [0.3, 0.4) is 0 Å². The Balaban J connectivity index is 1.64. The molecule has 1 aliphatic heterocycles. The van der Waals surface area contributed by atoms with E-state index in [-0.39, 0.29) is 29.6 Å². The van der Waals surface area contributed by atoms with Crippen molar-refractivity contribution in [1.82, 2.24) is 15.2 Å². The van der Waals surface area contributed by atoms with Gasteiger partial charge in [0.2, 0.25) is 11.8 Å². The number of anilines is 1. The van der Waals surface area contributed by atoms with E-state index in [4.69, 9.17) is 4.74 Å². The average molecular weight is 467 g/mol. The molecule has 0 radical (unpaired) electrons.